The summed E-state index contributed by atoms with van der Waals surface area (Å²) in [6, 6.07) is 9.74. The van der Waals surface area contributed by atoms with Crippen molar-refractivity contribution in [2.24, 2.45) is 0 Å². The summed E-state index contributed by atoms with van der Waals surface area (Å²) in [5, 5.41) is 0. The molecule has 2 aromatic rings. The quantitative estimate of drug-likeness (QED) is 0.730. The minimum atomic E-state index is -0.489. The zero-order valence-corrected chi connectivity index (χ0v) is 15.1. The van der Waals surface area contributed by atoms with Crippen LogP contribution in [0.3, 0.4) is 0 Å². The first-order valence-corrected chi connectivity index (χ1v) is 8.97. The van der Waals surface area contributed by atoms with Crippen molar-refractivity contribution in [3.63, 3.8) is 0 Å². The Hall–Kier alpha value is -2.15. The summed E-state index contributed by atoms with van der Waals surface area (Å²) in [6.07, 6.45) is 1.75. The third kappa shape index (κ3) is 4.10. The van der Waals surface area contributed by atoms with Gasteiger partial charge >= 0.3 is 0 Å². The van der Waals surface area contributed by atoms with Crippen molar-refractivity contribution in [3.05, 3.63) is 59.8 Å². The molecule has 25 heavy (non-hydrogen) atoms. The number of furan rings is 1. The maximum atomic E-state index is 13.7. The lowest BCUT2D eigenvalue weighted by atomic mass is 10.1. The average Bonchev–Trinajstić information content (AvgIpc) is 3.17. The summed E-state index contributed by atoms with van der Waals surface area (Å²) in [6.45, 7) is 1.80. The summed E-state index contributed by atoms with van der Waals surface area (Å²) in [4.78, 5) is 27.7. The third-order valence-corrected chi connectivity index (χ3v) is 4.95. The summed E-state index contributed by atoms with van der Waals surface area (Å²) < 4.78 is 18.9. The predicted octanol–water partition coefficient (Wildman–Crippen LogP) is 2.71. The highest BCUT2D eigenvalue weighted by atomic mass is 79.9. The number of hydrogen-bond acceptors (Lipinski definition) is 3. The van der Waals surface area contributed by atoms with E-state index < -0.39 is 4.83 Å². The van der Waals surface area contributed by atoms with Crippen LogP contribution in [0.4, 0.5) is 4.39 Å². The number of halogens is 2. The minimum Gasteiger partial charge on any atom is -0.459 e. The number of hydrogen-bond donors (Lipinski definition) is 0. The van der Waals surface area contributed by atoms with E-state index in [0.29, 0.717) is 37.5 Å². The lowest BCUT2D eigenvalue weighted by Crippen LogP contribution is -2.52. The van der Waals surface area contributed by atoms with E-state index in [4.69, 9.17) is 4.42 Å². The monoisotopic (exact) mass is 408 g/mol. The molecule has 1 atom stereocenters. The molecule has 5 nitrogen and oxygen atoms in total. The number of carbonyl (C=O) groups is 2. The van der Waals surface area contributed by atoms with Crippen molar-refractivity contribution in [1.82, 2.24) is 9.80 Å². The Morgan fingerprint density at radius 3 is 2.40 bits per heavy atom. The minimum absolute atomic E-state index is 0.0895. The van der Waals surface area contributed by atoms with E-state index in [1.807, 2.05) is 0 Å². The van der Waals surface area contributed by atoms with E-state index >= 15 is 0 Å². The fourth-order valence-corrected chi connectivity index (χ4v) is 3.47. The van der Waals surface area contributed by atoms with E-state index in [1.165, 1.54) is 12.3 Å². The Balaban J connectivity index is 1.54. The van der Waals surface area contributed by atoms with Crippen LogP contribution in [0.5, 0.6) is 0 Å². The molecule has 1 fully saturated rings. The van der Waals surface area contributed by atoms with Crippen molar-refractivity contribution in [1.29, 1.82) is 0 Å². The molecular weight excluding hydrogens is 391 g/mol. The van der Waals surface area contributed by atoms with Crippen LogP contribution in [0.2, 0.25) is 0 Å². The molecule has 1 aliphatic rings. The Morgan fingerprint density at radius 1 is 1.08 bits per heavy atom. The zero-order valence-electron chi connectivity index (χ0n) is 13.5. The van der Waals surface area contributed by atoms with Crippen molar-refractivity contribution >= 4 is 27.7 Å². The van der Waals surface area contributed by atoms with Crippen LogP contribution in [-0.2, 0) is 11.2 Å². The van der Waals surface area contributed by atoms with Crippen LogP contribution in [0.1, 0.15) is 16.1 Å². The zero-order chi connectivity index (χ0) is 17.8. The largest absolute Gasteiger partial charge is 0.459 e. The second-order valence-corrected chi connectivity index (χ2v) is 6.96. The van der Waals surface area contributed by atoms with Gasteiger partial charge in [0, 0.05) is 26.2 Å². The first kappa shape index (κ1) is 17.7. The molecule has 1 aliphatic heterocycles. The molecule has 0 aliphatic carbocycles. The van der Waals surface area contributed by atoms with Crippen molar-refractivity contribution in [2.45, 2.75) is 11.2 Å². The van der Waals surface area contributed by atoms with Gasteiger partial charge in [-0.3, -0.25) is 9.59 Å². The second-order valence-electron chi connectivity index (χ2n) is 5.86. The fraction of sp³-hybridized carbons (Fsp3) is 0.333. The Labute approximate surface area is 153 Å². The van der Waals surface area contributed by atoms with E-state index in [9.17, 15) is 14.0 Å². The molecule has 0 spiro atoms. The van der Waals surface area contributed by atoms with Crippen LogP contribution in [-0.4, -0.2) is 52.6 Å². The molecule has 7 heteroatoms. The highest BCUT2D eigenvalue weighted by Crippen LogP contribution is 2.17. The Morgan fingerprint density at radius 2 is 1.76 bits per heavy atom. The number of benzene rings is 1. The molecule has 0 saturated carbocycles. The van der Waals surface area contributed by atoms with E-state index in [2.05, 4.69) is 15.9 Å². The Bertz CT molecular complexity index is 743. The number of piperazine rings is 1. The van der Waals surface area contributed by atoms with E-state index in [1.54, 1.807) is 40.1 Å². The number of carbonyl (C=O) groups excluding carboxylic acids is 2. The van der Waals surface area contributed by atoms with Crippen LogP contribution in [0.15, 0.2) is 47.1 Å². The summed E-state index contributed by atoms with van der Waals surface area (Å²) in [5.74, 6) is -0.265. The summed E-state index contributed by atoms with van der Waals surface area (Å²) >= 11 is 3.37. The molecule has 132 valence electrons. The molecule has 1 unspecified atom stereocenters. The standard InChI is InChI=1S/C18H18BrFN2O3/c19-14(12-13-4-1-2-5-15(13)20)17(23)21-7-9-22(10-8-21)18(24)16-6-3-11-25-16/h1-6,11,14H,7-10,12H2. The highest BCUT2D eigenvalue weighted by molar-refractivity contribution is 9.10. The summed E-state index contributed by atoms with van der Waals surface area (Å²) in [7, 11) is 0. The SMILES string of the molecule is O=C(c1ccco1)N1CCN(C(=O)C(Br)Cc2ccccc2F)CC1. The van der Waals surface area contributed by atoms with Gasteiger partial charge in [-0.25, -0.2) is 4.39 Å². The smallest absolute Gasteiger partial charge is 0.289 e. The molecule has 1 aromatic carbocycles. The van der Waals surface area contributed by atoms with Crippen molar-refractivity contribution < 1.29 is 18.4 Å². The maximum Gasteiger partial charge on any atom is 0.289 e. The lowest BCUT2D eigenvalue weighted by molar-refractivity contribution is -0.131. The number of nitrogens with zero attached hydrogens (tertiary/aromatic N) is 2. The molecule has 2 amide bonds. The van der Waals surface area contributed by atoms with Crippen LogP contribution in [0.25, 0.3) is 0 Å². The molecule has 0 N–H and O–H groups in total. The number of amides is 2. The fourth-order valence-electron chi connectivity index (χ4n) is 2.83. The van der Waals surface area contributed by atoms with Crippen LogP contribution >= 0.6 is 15.9 Å². The normalized spacial score (nSPS) is 15.9. The molecule has 3 rings (SSSR count). The average molecular weight is 409 g/mol. The van der Waals surface area contributed by atoms with Crippen LogP contribution in [0, 0.1) is 5.82 Å². The second kappa shape index (κ2) is 7.82. The first-order chi connectivity index (χ1) is 12.1. The van der Waals surface area contributed by atoms with Gasteiger partial charge in [0.15, 0.2) is 5.76 Å². The molecule has 1 saturated heterocycles. The summed E-state index contributed by atoms with van der Waals surface area (Å²) in [5.41, 5.74) is 0.504. The molecule has 0 bridgehead atoms. The van der Waals surface area contributed by atoms with E-state index in [-0.39, 0.29) is 24.1 Å². The van der Waals surface area contributed by atoms with Gasteiger partial charge in [-0.15, -0.1) is 0 Å². The molecule has 2 heterocycles. The maximum absolute atomic E-state index is 13.7. The molecular formula is C18H18BrFN2O3. The van der Waals surface area contributed by atoms with Gasteiger partial charge in [-0.2, -0.15) is 0 Å². The van der Waals surface area contributed by atoms with E-state index in [0.717, 1.165) is 0 Å². The van der Waals surface area contributed by atoms with Crippen molar-refractivity contribution in [2.75, 3.05) is 26.2 Å². The molecule has 0 radical (unpaired) electrons. The van der Waals surface area contributed by atoms with Gasteiger partial charge in [0.25, 0.3) is 5.91 Å². The topological polar surface area (TPSA) is 53.8 Å². The number of alkyl halides is 1. The van der Waals surface area contributed by atoms with Gasteiger partial charge in [0.2, 0.25) is 5.91 Å². The Kier molecular flexibility index (Phi) is 5.53. The van der Waals surface area contributed by atoms with Crippen molar-refractivity contribution in [3.8, 4) is 0 Å². The van der Waals surface area contributed by atoms with Gasteiger partial charge in [-0.05, 0) is 30.2 Å². The van der Waals surface area contributed by atoms with Crippen LogP contribution < -0.4 is 0 Å². The lowest BCUT2D eigenvalue weighted by Gasteiger charge is -2.35. The first-order valence-electron chi connectivity index (χ1n) is 8.05. The van der Waals surface area contributed by atoms with Gasteiger partial charge in [0.1, 0.15) is 5.82 Å². The predicted molar refractivity (Wildman–Crippen MR) is 94.0 cm³/mol. The van der Waals surface area contributed by atoms with Gasteiger partial charge in [0.05, 0.1) is 11.1 Å². The third-order valence-electron chi connectivity index (χ3n) is 4.24. The van der Waals surface area contributed by atoms with Gasteiger partial charge < -0.3 is 14.2 Å². The van der Waals surface area contributed by atoms with Gasteiger partial charge in [-0.1, -0.05) is 34.1 Å². The molecule has 1 aromatic heterocycles. The highest BCUT2D eigenvalue weighted by Gasteiger charge is 2.29. The number of rotatable bonds is 4.